The second-order valence-electron chi connectivity index (χ2n) is 5.95. The van der Waals surface area contributed by atoms with Gasteiger partial charge in [-0.05, 0) is 30.5 Å². The summed E-state index contributed by atoms with van der Waals surface area (Å²) in [4.78, 5) is 14.9. The summed E-state index contributed by atoms with van der Waals surface area (Å²) < 4.78 is 10.6. The fourth-order valence-corrected chi connectivity index (χ4v) is 2.86. The van der Waals surface area contributed by atoms with Crippen molar-refractivity contribution in [3.8, 4) is 5.75 Å². The molecular formula is C17H25NO3. The quantitative estimate of drug-likeness (QED) is 0.856. The molecule has 1 aromatic rings. The average Bonchev–Trinajstić information content (AvgIpc) is 2.48. The molecule has 0 bridgehead atoms. The van der Waals surface area contributed by atoms with Gasteiger partial charge in [0.2, 0.25) is 5.91 Å². The predicted octanol–water partition coefficient (Wildman–Crippen LogP) is 2.68. The van der Waals surface area contributed by atoms with Crippen molar-refractivity contribution in [3.05, 3.63) is 29.8 Å². The summed E-state index contributed by atoms with van der Waals surface area (Å²) in [7, 11) is 1.65. The molecule has 0 aromatic heterocycles. The zero-order valence-corrected chi connectivity index (χ0v) is 13.3. The molecule has 4 nitrogen and oxygen atoms in total. The van der Waals surface area contributed by atoms with Crippen LogP contribution in [0.3, 0.4) is 0 Å². The van der Waals surface area contributed by atoms with Crippen LogP contribution < -0.4 is 4.74 Å². The highest BCUT2D eigenvalue weighted by Crippen LogP contribution is 2.29. The van der Waals surface area contributed by atoms with Gasteiger partial charge in [-0.3, -0.25) is 4.79 Å². The first-order valence-electron chi connectivity index (χ1n) is 7.56. The lowest BCUT2D eigenvalue weighted by Crippen LogP contribution is -2.49. The summed E-state index contributed by atoms with van der Waals surface area (Å²) in [5.41, 5.74) is 1.05. The van der Waals surface area contributed by atoms with Crippen LogP contribution >= 0.6 is 0 Å². The third-order valence-corrected chi connectivity index (χ3v) is 4.06. The molecule has 1 amide bonds. The molecule has 1 heterocycles. The first-order chi connectivity index (χ1) is 10.0. The molecule has 0 spiro atoms. The molecule has 0 radical (unpaired) electrons. The molecule has 1 fully saturated rings. The van der Waals surface area contributed by atoms with Crippen LogP contribution in [0.1, 0.15) is 32.3 Å². The van der Waals surface area contributed by atoms with E-state index in [4.69, 9.17) is 9.47 Å². The van der Waals surface area contributed by atoms with E-state index in [0.29, 0.717) is 19.8 Å². The SMILES string of the molecule is COc1ccc(C(C(=O)N2CCOCC2C)C(C)C)cc1. The lowest BCUT2D eigenvalue weighted by atomic mass is 9.86. The molecule has 1 aliphatic heterocycles. The van der Waals surface area contributed by atoms with Gasteiger partial charge in [0.25, 0.3) is 0 Å². The van der Waals surface area contributed by atoms with E-state index in [1.54, 1.807) is 7.11 Å². The molecule has 21 heavy (non-hydrogen) atoms. The van der Waals surface area contributed by atoms with Crippen LogP contribution in [0.4, 0.5) is 0 Å². The lowest BCUT2D eigenvalue weighted by molar-refractivity contribution is -0.141. The van der Waals surface area contributed by atoms with Crippen LogP contribution in [-0.4, -0.2) is 43.7 Å². The number of rotatable bonds is 4. The summed E-state index contributed by atoms with van der Waals surface area (Å²) >= 11 is 0. The molecular weight excluding hydrogens is 266 g/mol. The summed E-state index contributed by atoms with van der Waals surface area (Å²) in [6.45, 7) is 8.17. The van der Waals surface area contributed by atoms with Gasteiger partial charge in [-0.2, -0.15) is 0 Å². The summed E-state index contributed by atoms with van der Waals surface area (Å²) in [6.07, 6.45) is 0. The number of methoxy groups -OCH3 is 1. The fraction of sp³-hybridized carbons (Fsp3) is 0.588. The van der Waals surface area contributed by atoms with E-state index in [9.17, 15) is 4.79 Å². The largest absolute Gasteiger partial charge is 0.497 e. The summed E-state index contributed by atoms with van der Waals surface area (Å²) in [5, 5.41) is 0. The van der Waals surface area contributed by atoms with E-state index in [-0.39, 0.29) is 23.8 Å². The Kier molecular flexibility index (Phi) is 5.23. The van der Waals surface area contributed by atoms with Gasteiger partial charge in [0, 0.05) is 6.54 Å². The molecule has 2 atom stereocenters. The zero-order chi connectivity index (χ0) is 15.4. The van der Waals surface area contributed by atoms with Crippen molar-refractivity contribution >= 4 is 5.91 Å². The second-order valence-corrected chi connectivity index (χ2v) is 5.95. The molecule has 0 N–H and O–H groups in total. The third-order valence-electron chi connectivity index (χ3n) is 4.06. The Morgan fingerprint density at radius 2 is 2.00 bits per heavy atom. The second kappa shape index (κ2) is 6.94. The van der Waals surface area contributed by atoms with Gasteiger partial charge in [0.15, 0.2) is 0 Å². The van der Waals surface area contributed by atoms with Crippen LogP contribution in [0, 0.1) is 5.92 Å². The first-order valence-corrected chi connectivity index (χ1v) is 7.56. The first kappa shape index (κ1) is 15.8. The van der Waals surface area contributed by atoms with Crippen molar-refractivity contribution in [2.75, 3.05) is 26.9 Å². The van der Waals surface area contributed by atoms with E-state index in [2.05, 4.69) is 13.8 Å². The molecule has 1 aromatic carbocycles. The van der Waals surface area contributed by atoms with Crippen LogP contribution in [0.5, 0.6) is 5.75 Å². The van der Waals surface area contributed by atoms with Crippen molar-refractivity contribution in [3.63, 3.8) is 0 Å². The number of nitrogens with zero attached hydrogens (tertiary/aromatic N) is 1. The summed E-state index contributed by atoms with van der Waals surface area (Å²) in [6, 6.07) is 7.96. The number of benzene rings is 1. The Labute approximate surface area is 127 Å². The highest BCUT2D eigenvalue weighted by atomic mass is 16.5. The van der Waals surface area contributed by atoms with E-state index in [1.165, 1.54) is 0 Å². The Morgan fingerprint density at radius 1 is 1.33 bits per heavy atom. The molecule has 1 saturated heterocycles. The summed E-state index contributed by atoms with van der Waals surface area (Å²) in [5.74, 6) is 1.15. The maximum atomic E-state index is 12.9. The minimum Gasteiger partial charge on any atom is -0.497 e. The molecule has 0 aliphatic carbocycles. The van der Waals surface area contributed by atoms with Gasteiger partial charge in [0.05, 0.1) is 32.3 Å². The van der Waals surface area contributed by atoms with Crippen LogP contribution in [0.2, 0.25) is 0 Å². The smallest absolute Gasteiger partial charge is 0.230 e. The third kappa shape index (κ3) is 3.56. The minimum atomic E-state index is -0.114. The van der Waals surface area contributed by atoms with Crippen LogP contribution in [0.15, 0.2) is 24.3 Å². The topological polar surface area (TPSA) is 38.8 Å². The van der Waals surface area contributed by atoms with Gasteiger partial charge in [-0.1, -0.05) is 26.0 Å². The van der Waals surface area contributed by atoms with Crippen molar-refractivity contribution in [1.82, 2.24) is 4.90 Å². The molecule has 2 rings (SSSR count). The number of carbonyl (C=O) groups excluding carboxylic acids is 1. The Morgan fingerprint density at radius 3 is 2.52 bits per heavy atom. The normalized spacial score (nSPS) is 20.4. The fourth-order valence-electron chi connectivity index (χ4n) is 2.86. The van der Waals surface area contributed by atoms with Gasteiger partial charge in [0.1, 0.15) is 5.75 Å². The standard InChI is InChI=1S/C17H25NO3/c1-12(2)16(14-5-7-15(20-4)8-6-14)17(19)18-9-10-21-11-13(18)3/h5-8,12-13,16H,9-11H2,1-4H3. The molecule has 4 heteroatoms. The highest BCUT2D eigenvalue weighted by molar-refractivity contribution is 5.84. The zero-order valence-electron chi connectivity index (χ0n) is 13.3. The Bertz CT molecular complexity index is 469. The maximum Gasteiger partial charge on any atom is 0.230 e. The number of hydrogen-bond acceptors (Lipinski definition) is 3. The van der Waals surface area contributed by atoms with Gasteiger partial charge >= 0.3 is 0 Å². The van der Waals surface area contributed by atoms with Gasteiger partial charge < -0.3 is 14.4 Å². The van der Waals surface area contributed by atoms with Crippen molar-refractivity contribution in [2.24, 2.45) is 5.92 Å². The number of morpholine rings is 1. The number of amides is 1. The van der Waals surface area contributed by atoms with Crippen LogP contribution in [-0.2, 0) is 9.53 Å². The van der Waals surface area contributed by atoms with Crippen molar-refractivity contribution in [2.45, 2.75) is 32.7 Å². The molecule has 116 valence electrons. The van der Waals surface area contributed by atoms with Gasteiger partial charge in [-0.15, -0.1) is 0 Å². The van der Waals surface area contributed by atoms with E-state index < -0.39 is 0 Å². The Hall–Kier alpha value is -1.55. The monoisotopic (exact) mass is 291 g/mol. The predicted molar refractivity (Wildman–Crippen MR) is 82.6 cm³/mol. The van der Waals surface area contributed by atoms with Crippen molar-refractivity contribution in [1.29, 1.82) is 0 Å². The lowest BCUT2D eigenvalue weighted by Gasteiger charge is -2.37. The van der Waals surface area contributed by atoms with E-state index >= 15 is 0 Å². The highest BCUT2D eigenvalue weighted by Gasteiger charge is 2.32. The van der Waals surface area contributed by atoms with Crippen molar-refractivity contribution < 1.29 is 14.3 Å². The van der Waals surface area contributed by atoms with E-state index in [0.717, 1.165) is 11.3 Å². The van der Waals surface area contributed by atoms with Crippen LogP contribution in [0.25, 0.3) is 0 Å². The molecule has 2 unspecified atom stereocenters. The average molecular weight is 291 g/mol. The number of ether oxygens (including phenoxy) is 2. The van der Waals surface area contributed by atoms with E-state index in [1.807, 2.05) is 36.1 Å². The Balaban J connectivity index is 2.22. The number of carbonyl (C=O) groups is 1. The van der Waals surface area contributed by atoms with Gasteiger partial charge in [-0.25, -0.2) is 0 Å². The minimum absolute atomic E-state index is 0.114. The molecule has 1 aliphatic rings. The maximum absolute atomic E-state index is 12.9. The number of hydrogen-bond donors (Lipinski definition) is 0. The molecule has 0 saturated carbocycles.